The summed E-state index contributed by atoms with van der Waals surface area (Å²) in [5, 5.41) is 0. The van der Waals surface area contributed by atoms with Crippen LogP contribution in [0.4, 0.5) is 0 Å². The molecule has 0 unspecified atom stereocenters. The summed E-state index contributed by atoms with van der Waals surface area (Å²) < 4.78 is 27.9. The van der Waals surface area contributed by atoms with Gasteiger partial charge >= 0.3 is 0 Å². The summed E-state index contributed by atoms with van der Waals surface area (Å²) in [6, 6.07) is 5.36. The Balaban J connectivity index is 2.23. The number of halogens is 1. The molecule has 0 aromatic heterocycles. The highest BCUT2D eigenvalue weighted by atomic mass is 79.9. The zero-order chi connectivity index (χ0) is 14.9. The quantitative estimate of drug-likeness (QED) is 0.818. The summed E-state index contributed by atoms with van der Waals surface area (Å²) in [6.45, 7) is 4.15. The second-order valence-electron chi connectivity index (χ2n) is 5.85. The molecule has 0 N–H and O–H groups in total. The Labute approximate surface area is 130 Å². The molecule has 0 saturated heterocycles. The first-order valence-electron chi connectivity index (χ1n) is 7.06. The number of hydrogen-bond acceptors (Lipinski definition) is 2. The molecular weight excluding hydrogens is 338 g/mol. The van der Waals surface area contributed by atoms with Gasteiger partial charge < -0.3 is 0 Å². The van der Waals surface area contributed by atoms with Gasteiger partial charge in [-0.1, -0.05) is 22.9 Å². The molecule has 112 valence electrons. The average Bonchev–Trinajstić information content (AvgIpc) is 2.41. The second kappa shape index (κ2) is 6.16. The van der Waals surface area contributed by atoms with Crippen LogP contribution in [-0.4, -0.2) is 25.8 Å². The molecule has 1 aliphatic rings. The van der Waals surface area contributed by atoms with Crippen molar-refractivity contribution in [2.24, 2.45) is 5.92 Å². The third-order valence-corrected chi connectivity index (χ3v) is 7.10. The van der Waals surface area contributed by atoms with Crippen molar-refractivity contribution in [3.8, 4) is 0 Å². The van der Waals surface area contributed by atoms with Crippen LogP contribution in [-0.2, 0) is 10.0 Å². The third-order valence-electron chi connectivity index (χ3n) is 4.31. The summed E-state index contributed by atoms with van der Waals surface area (Å²) >= 11 is 3.41. The van der Waals surface area contributed by atoms with Gasteiger partial charge in [-0.3, -0.25) is 0 Å². The number of aryl methyl sites for hydroxylation is 1. The van der Waals surface area contributed by atoms with Crippen LogP contribution in [0.5, 0.6) is 0 Å². The van der Waals surface area contributed by atoms with Crippen molar-refractivity contribution in [3.05, 3.63) is 28.2 Å². The SMILES string of the molecule is Cc1cc(S(=O)(=O)N(C)C2CCC(C)CC2)ccc1Br. The summed E-state index contributed by atoms with van der Waals surface area (Å²) in [7, 11) is -1.67. The van der Waals surface area contributed by atoms with Crippen molar-refractivity contribution < 1.29 is 8.42 Å². The van der Waals surface area contributed by atoms with Gasteiger partial charge in [0.15, 0.2) is 0 Å². The standard InChI is InChI=1S/C15H22BrNO2S/c1-11-4-6-13(7-5-11)17(3)20(18,19)14-8-9-15(16)12(2)10-14/h8-11,13H,4-7H2,1-3H3. The van der Waals surface area contributed by atoms with Crippen LogP contribution in [0.3, 0.4) is 0 Å². The molecule has 0 bridgehead atoms. The Bertz CT molecular complexity index is 578. The van der Waals surface area contributed by atoms with Crippen LogP contribution in [0.1, 0.15) is 38.2 Å². The molecule has 1 aromatic rings. The normalized spacial score (nSPS) is 24.1. The van der Waals surface area contributed by atoms with Crippen molar-refractivity contribution in [2.75, 3.05) is 7.05 Å². The zero-order valence-corrected chi connectivity index (χ0v) is 14.7. The van der Waals surface area contributed by atoms with Gasteiger partial charge in [0.25, 0.3) is 0 Å². The minimum atomic E-state index is -3.38. The van der Waals surface area contributed by atoms with E-state index in [1.54, 1.807) is 29.6 Å². The molecule has 3 nitrogen and oxygen atoms in total. The first kappa shape index (κ1) is 16.0. The molecule has 20 heavy (non-hydrogen) atoms. The predicted molar refractivity (Wildman–Crippen MR) is 85.2 cm³/mol. The summed E-state index contributed by atoms with van der Waals surface area (Å²) in [6.07, 6.45) is 4.16. The molecule has 0 atom stereocenters. The molecule has 1 fully saturated rings. The molecule has 1 aliphatic carbocycles. The van der Waals surface area contributed by atoms with Gasteiger partial charge in [0.1, 0.15) is 0 Å². The van der Waals surface area contributed by atoms with Crippen molar-refractivity contribution in [3.63, 3.8) is 0 Å². The summed E-state index contributed by atoms with van der Waals surface area (Å²) in [5.41, 5.74) is 0.941. The Kier molecular flexibility index (Phi) is 4.92. The average molecular weight is 360 g/mol. The Morgan fingerprint density at radius 1 is 1.20 bits per heavy atom. The van der Waals surface area contributed by atoms with Gasteiger partial charge in [-0.15, -0.1) is 0 Å². The molecule has 5 heteroatoms. The maximum absolute atomic E-state index is 12.7. The molecule has 0 aliphatic heterocycles. The molecule has 1 aromatic carbocycles. The topological polar surface area (TPSA) is 37.4 Å². The lowest BCUT2D eigenvalue weighted by Gasteiger charge is -2.32. The van der Waals surface area contributed by atoms with E-state index in [2.05, 4.69) is 22.9 Å². The number of rotatable bonds is 3. The molecule has 0 radical (unpaired) electrons. The van der Waals surface area contributed by atoms with E-state index >= 15 is 0 Å². The number of nitrogens with zero attached hydrogens (tertiary/aromatic N) is 1. The van der Waals surface area contributed by atoms with Crippen LogP contribution < -0.4 is 0 Å². The van der Waals surface area contributed by atoms with Crippen LogP contribution in [0.25, 0.3) is 0 Å². The van der Waals surface area contributed by atoms with E-state index in [1.807, 2.05) is 6.92 Å². The van der Waals surface area contributed by atoms with E-state index in [0.29, 0.717) is 4.90 Å². The number of benzene rings is 1. The second-order valence-corrected chi connectivity index (χ2v) is 8.70. The zero-order valence-electron chi connectivity index (χ0n) is 12.3. The lowest BCUT2D eigenvalue weighted by molar-refractivity contribution is 0.246. The molecule has 0 heterocycles. The first-order valence-corrected chi connectivity index (χ1v) is 9.30. The van der Waals surface area contributed by atoms with Crippen molar-refractivity contribution in [2.45, 2.75) is 50.5 Å². The number of sulfonamides is 1. The monoisotopic (exact) mass is 359 g/mol. The molecule has 1 saturated carbocycles. The predicted octanol–water partition coefficient (Wildman–Crippen LogP) is 3.96. The lowest BCUT2D eigenvalue weighted by Crippen LogP contribution is -2.39. The summed E-state index contributed by atoms with van der Waals surface area (Å²) in [4.78, 5) is 0.388. The van der Waals surface area contributed by atoms with E-state index in [0.717, 1.165) is 41.6 Å². The van der Waals surface area contributed by atoms with Crippen LogP contribution in [0, 0.1) is 12.8 Å². The van der Waals surface area contributed by atoms with Gasteiger partial charge in [0, 0.05) is 17.6 Å². The molecule has 0 amide bonds. The van der Waals surface area contributed by atoms with Crippen molar-refractivity contribution in [1.82, 2.24) is 4.31 Å². The fourth-order valence-corrected chi connectivity index (χ4v) is 4.49. The first-order chi connectivity index (χ1) is 9.32. The molecule has 0 spiro atoms. The maximum Gasteiger partial charge on any atom is 0.243 e. The van der Waals surface area contributed by atoms with E-state index in [1.165, 1.54) is 0 Å². The van der Waals surface area contributed by atoms with Crippen LogP contribution in [0.2, 0.25) is 0 Å². The van der Waals surface area contributed by atoms with Gasteiger partial charge in [0.2, 0.25) is 10.0 Å². The lowest BCUT2D eigenvalue weighted by atomic mass is 9.87. The molecule has 2 rings (SSSR count). The van der Waals surface area contributed by atoms with Gasteiger partial charge in [-0.05, 0) is 62.3 Å². The highest BCUT2D eigenvalue weighted by Gasteiger charge is 2.30. The summed E-state index contributed by atoms with van der Waals surface area (Å²) in [5.74, 6) is 0.720. The Morgan fingerprint density at radius 3 is 2.35 bits per heavy atom. The minimum Gasteiger partial charge on any atom is -0.207 e. The highest BCUT2D eigenvalue weighted by Crippen LogP contribution is 2.30. The maximum atomic E-state index is 12.7. The van der Waals surface area contributed by atoms with Crippen LogP contribution >= 0.6 is 15.9 Å². The van der Waals surface area contributed by atoms with E-state index < -0.39 is 10.0 Å². The Morgan fingerprint density at radius 2 is 1.80 bits per heavy atom. The van der Waals surface area contributed by atoms with Crippen molar-refractivity contribution >= 4 is 26.0 Å². The van der Waals surface area contributed by atoms with Crippen LogP contribution in [0.15, 0.2) is 27.6 Å². The smallest absolute Gasteiger partial charge is 0.207 e. The van der Waals surface area contributed by atoms with E-state index in [4.69, 9.17) is 0 Å². The fourth-order valence-electron chi connectivity index (χ4n) is 2.75. The highest BCUT2D eigenvalue weighted by molar-refractivity contribution is 9.10. The number of hydrogen-bond donors (Lipinski definition) is 0. The largest absolute Gasteiger partial charge is 0.243 e. The fraction of sp³-hybridized carbons (Fsp3) is 0.600. The van der Waals surface area contributed by atoms with Gasteiger partial charge in [-0.2, -0.15) is 4.31 Å². The van der Waals surface area contributed by atoms with Crippen molar-refractivity contribution in [1.29, 1.82) is 0 Å². The van der Waals surface area contributed by atoms with E-state index in [-0.39, 0.29) is 6.04 Å². The van der Waals surface area contributed by atoms with Gasteiger partial charge in [0.05, 0.1) is 4.90 Å². The molecular formula is C15H22BrNO2S. The Hall–Kier alpha value is -0.390. The van der Waals surface area contributed by atoms with Gasteiger partial charge in [-0.25, -0.2) is 8.42 Å². The van der Waals surface area contributed by atoms with E-state index in [9.17, 15) is 8.42 Å². The minimum absolute atomic E-state index is 0.139. The third kappa shape index (κ3) is 3.26.